The van der Waals surface area contributed by atoms with Crippen LogP contribution in [-0.4, -0.2) is 37.9 Å². The van der Waals surface area contributed by atoms with Crippen LogP contribution in [0.4, 0.5) is 0 Å². The highest BCUT2D eigenvalue weighted by Crippen LogP contribution is 2.27. The summed E-state index contributed by atoms with van der Waals surface area (Å²) in [4.78, 5) is 12.0. The molecule has 0 heterocycles. The van der Waals surface area contributed by atoms with Gasteiger partial charge in [-0.25, -0.2) is 0 Å². The molecule has 0 aliphatic rings. The predicted octanol–water partition coefficient (Wildman–Crippen LogP) is 2.38. The number of methoxy groups -OCH3 is 1. The highest BCUT2D eigenvalue weighted by molar-refractivity contribution is 5.94. The van der Waals surface area contributed by atoms with Crippen LogP contribution < -0.4 is 14.8 Å². The van der Waals surface area contributed by atoms with E-state index in [0.29, 0.717) is 30.2 Å². The molecule has 5 nitrogen and oxygen atoms in total. The fraction of sp³-hybridized carbons (Fsp3) is 0.562. The fourth-order valence-electron chi connectivity index (χ4n) is 1.98. The van der Waals surface area contributed by atoms with Crippen molar-refractivity contribution in [1.82, 2.24) is 5.32 Å². The molecular formula is C16H25NO4. The molecule has 0 unspecified atom stereocenters. The minimum Gasteiger partial charge on any atom is -0.493 e. The number of benzene rings is 1. The second kappa shape index (κ2) is 10.0. The van der Waals surface area contributed by atoms with Crippen molar-refractivity contribution in [1.29, 1.82) is 0 Å². The van der Waals surface area contributed by atoms with Crippen molar-refractivity contribution in [3.8, 4) is 11.5 Å². The molecule has 2 N–H and O–H groups in total. The van der Waals surface area contributed by atoms with Gasteiger partial charge in [-0.3, -0.25) is 4.79 Å². The highest BCUT2D eigenvalue weighted by atomic mass is 16.5. The Morgan fingerprint density at radius 2 is 1.95 bits per heavy atom. The molecule has 1 amide bonds. The van der Waals surface area contributed by atoms with Crippen molar-refractivity contribution in [2.24, 2.45) is 0 Å². The molecule has 0 spiro atoms. The number of unbranched alkanes of at least 4 members (excludes halogenated alkanes) is 3. The largest absolute Gasteiger partial charge is 0.493 e. The Kier molecular flexibility index (Phi) is 8.28. The van der Waals surface area contributed by atoms with E-state index >= 15 is 0 Å². The summed E-state index contributed by atoms with van der Waals surface area (Å²) in [6.07, 6.45) is 3.74. The quantitative estimate of drug-likeness (QED) is 0.650. The molecule has 0 saturated heterocycles. The van der Waals surface area contributed by atoms with Gasteiger partial charge in [0.05, 0.1) is 13.7 Å². The van der Waals surface area contributed by atoms with E-state index in [1.807, 2.05) is 6.92 Å². The molecule has 1 rings (SSSR count). The van der Waals surface area contributed by atoms with Gasteiger partial charge in [0.25, 0.3) is 5.91 Å². The second-order valence-corrected chi connectivity index (χ2v) is 4.69. The van der Waals surface area contributed by atoms with Crippen LogP contribution in [0.3, 0.4) is 0 Å². The number of ether oxygens (including phenoxy) is 2. The third-order valence-corrected chi connectivity index (χ3v) is 3.10. The lowest BCUT2D eigenvalue weighted by atomic mass is 10.1. The van der Waals surface area contributed by atoms with E-state index in [1.165, 1.54) is 0 Å². The summed E-state index contributed by atoms with van der Waals surface area (Å²) in [5.74, 6) is 1.09. The average Bonchev–Trinajstić information content (AvgIpc) is 2.51. The average molecular weight is 295 g/mol. The van der Waals surface area contributed by atoms with E-state index in [4.69, 9.17) is 14.6 Å². The number of rotatable bonds is 10. The topological polar surface area (TPSA) is 67.8 Å². The van der Waals surface area contributed by atoms with Gasteiger partial charge in [-0.05, 0) is 38.0 Å². The van der Waals surface area contributed by atoms with E-state index in [9.17, 15) is 4.79 Å². The van der Waals surface area contributed by atoms with E-state index in [-0.39, 0.29) is 12.5 Å². The van der Waals surface area contributed by atoms with Gasteiger partial charge in [0.1, 0.15) is 0 Å². The molecule has 0 fully saturated rings. The number of hydrogen-bond donors (Lipinski definition) is 2. The number of hydrogen-bond acceptors (Lipinski definition) is 4. The Balaban J connectivity index is 2.46. The van der Waals surface area contributed by atoms with Gasteiger partial charge in [0.2, 0.25) is 0 Å². The van der Waals surface area contributed by atoms with Crippen molar-refractivity contribution in [3.05, 3.63) is 23.8 Å². The molecule has 0 bridgehead atoms. The minimum atomic E-state index is -0.112. The summed E-state index contributed by atoms with van der Waals surface area (Å²) in [6, 6.07) is 5.17. The van der Waals surface area contributed by atoms with Gasteiger partial charge in [0, 0.05) is 18.7 Å². The summed E-state index contributed by atoms with van der Waals surface area (Å²) >= 11 is 0. The van der Waals surface area contributed by atoms with Crippen LogP contribution >= 0.6 is 0 Å². The lowest BCUT2D eigenvalue weighted by molar-refractivity contribution is 0.0952. The van der Waals surface area contributed by atoms with Gasteiger partial charge in [-0.15, -0.1) is 0 Å². The van der Waals surface area contributed by atoms with Crippen LogP contribution in [0.15, 0.2) is 18.2 Å². The molecule has 0 atom stereocenters. The zero-order valence-corrected chi connectivity index (χ0v) is 12.9. The molecule has 0 aliphatic heterocycles. The van der Waals surface area contributed by atoms with Gasteiger partial charge in [-0.2, -0.15) is 0 Å². The van der Waals surface area contributed by atoms with E-state index < -0.39 is 0 Å². The van der Waals surface area contributed by atoms with Crippen molar-refractivity contribution >= 4 is 5.91 Å². The maximum absolute atomic E-state index is 12.0. The standard InChI is InChI=1S/C16H25NO4/c1-3-21-14-9-8-13(12-15(14)20-2)16(19)17-10-6-4-5-7-11-18/h8-9,12,18H,3-7,10-11H2,1-2H3,(H,17,19). The van der Waals surface area contributed by atoms with E-state index in [0.717, 1.165) is 25.7 Å². The number of aliphatic hydroxyl groups is 1. The fourth-order valence-corrected chi connectivity index (χ4v) is 1.98. The molecule has 1 aromatic carbocycles. The number of nitrogens with one attached hydrogen (secondary N) is 1. The highest BCUT2D eigenvalue weighted by Gasteiger charge is 2.10. The van der Waals surface area contributed by atoms with Crippen molar-refractivity contribution in [2.75, 3.05) is 26.9 Å². The van der Waals surface area contributed by atoms with Crippen LogP contribution in [0.2, 0.25) is 0 Å². The number of aliphatic hydroxyl groups excluding tert-OH is 1. The van der Waals surface area contributed by atoms with Gasteiger partial charge < -0.3 is 19.9 Å². The summed E-state index contributed by atoms with van der Waals surface area (Å²) in [7, 11) is 1.56. The molecule has 0 saturated carbocycles. The zero-order chi connectivity index (χ0) is 15.5. The predicted molar refractivity (Wildman–Crippen MR) is 82.1 cm³/mol. The molecule has 0 aliphatic carbocycles. The third kappa shape index (κ3) is 6.04. The smallest absolute Gasteiger partial charge is 0.251 e. The van der Waals surface area contributed by atoms with E-state index in [1.54, 1.807) is 25.3 Å². The third-order valence-electron chi connectivity index (χ3n) is 3.10. The van der Waals surface area contributed by atoms with Crippen LogP contribution in [-0.2, 0) is 0 Å². The molecule has 118 valence electrons. The van der Waals surface area contributed by atoms with Crippen molar-refractivity contribution in [2.45, 2.75) is 32.6 Å². The Morgan fingerprint density at radius 1 is 1.19 bits per heavy atom. The number of carbonyl (C=O) groups excluding carboxylic acids is 1. The summed E-state index contributed by atoms with van der Waals surface area (Å²) in [5, 5.41) is 11.6. The van der Waals surface area contributed by atoms with Gasteiger partial charge in [-0.1, -0.05) is 12.8 Å². The summed E-state index contributed by atoms with van der Waals surface area (Å²) in [5.41, 5.74) is 0.561. The molecule has 1 aromatic rings. The maximum Gasteiger partial charge on any atom is 0.251 e. The first kappa shape index (κ1) is 17.3. The lowest BCUT2D eigenvalue weighted by Gasteiger charge is -2.11. The van der Waals surface area contributed by atoms with Crippen molar-refractivity contribution in [3.63, 3.8) is 0 Å². The summed E-state index contributed by atoms with van der Waals surface area (Å²) < 4.78 is 10.7. The first-order valence-corrected chi connectivity index (χ1v) is 7.42. The zero-order valence-electron chi connectivity index (χ0n) is 12.9. The van der Waals surface area contributed by atoms with Crippen LogP contribution in [0.1, 0.15) is 43.0 Å². The Hall–Kier alpha value is -1.75. The lowest BCUT2D eigenvalue weighted by Crippen LogP contribution is -2.24. The van der Waals surface area contributed by atoms with Crippen LogP contribution in [0.25, 0.3) is 0 Å². The normalized spacial score (nSPS) is 10.2. The Bertz CT molecular complexity index is 434. The molecule has 21 heavy (non-hydrogen) atoms. The molecule has 0 radical (unpaired) electrons. The second-order valence-electron chi connectivity index (χ2n) is 4.69. The van der Waals surface area contributed by atoms with E-state index in [2.05, 4.69) is 5.32 Å². The minimum absolute atomic E-state index is 0.112. The van der Waals surface area contributed by atoms with Crippen LogP contribution in [0.5, 0.6) is 11.5 Å². The van der Waals surface area contributed by atoms with Gasteiger partial charge in [0.15, 0.2) is 11.5 Å². The van der Waals surface area contributed by atoms with Crippen LogP contribution in [0, 0.1) is 0 Å². The first-order chi connectivity index (χ1) is 10.2. The van der Waals surface area contributed by atoms with Gasteiger partial charge >= 0.3 is 0 Å². The molecule has 5 heteroatoms. The number of carbonyl (C=O) groups is 1. The van der Waals surface area contributed by atoms with Crippen molar-refractivity contribution < 1.29 is 19.4 Å². The molecule has 0 aromatic heterocycles. The Morgan fingerprint density at radius 3 is 2.62 bits per heavy atom. The first-order valence-electron chi connectivity index (χ1n) is 7.42. The SMILES string of the molecule is CCOc1ccc(C(=O)NCCCCCCO)cc1OC. The molecular weight excluding hydrogens is 270 g/mol. The summed E-state index contributed by atoms with van der Waals surface area (Å²) in [6.45, 7) is 3.32. The maximum atomic E-state index is 12.0. The monoisotopic (exact) mass is 295 g/mol. The Labute approximate surface area is 126 Å². The number of amides is 1.